The van der Waals surface area contributed by atoms with Crippen LogP contribution in [0.2, 0.25) is 0 Å². The third kappa shape index (κ3) is 9.94. The van der Waals surface area contributed by atoms with E-state index in [2.05, 4.69) is 44.2 Å². The fourth-order valence-corrected chi connectivity index (χ4v) is 2.28. The lowest BCUT2D eigenvalue weighted by atomic mass is 10.0. The number of ketones is 2. The lowest BCUT2D eigenvalue weighted by Gasteiger charge is -2.04. The van der Waals surface area contributed by atoms with Crippen LogP contribution in [-0.2, 0) is 16.0 Å². The summed E-state index contributed by atoms with van der Waals surface area (Å²) in [6, 6.07) is 8.58. The van der Waals surface area contributed by atoms with Crippen LogP contribution in [0.3, 0.4) is 0 Å². The molecule has 0 atom stereocenters. The van der Waals surface area contributed by atoms with Crippen LogP contribution in [0.5, 0.6) is 0 Å². The number of benzene rings is 1. The zero-order valence-corrected chi connectivity index (χ0v) is 14.1. The molecule has 0 aliphatic carbocycles. The largest absolute Gasteiger partial charge is 0.291 e. The number of hydrogen-bond acceptors (Lipinski definition) is 2. The van der Waals surface area contributed by atoms with E-state index < -0.39 is 0 Å². The maximum Gasteiger partial charge on any atom is 0.201 e. The van der Waals surface area contributed by atoms with Crippen molar-refractivity contribution in [1.29, 1.82) is 0 Å². The molecule has 0 saturated carbocycles. The molecule has 0 unspecified atom stereocenters. The molecular weight excluding hydrogens is 296 g/mol. The number of hydrogen-bond donors (Lipinski definition) is 0. The molecule has 0 aliphatic heterocycles. The Morgan fingerprint density at radius 1 is 1.00 bits per heavy atom. The SMILES string of the molecule is C.C.CC(=O)C(=O)C/C=C(\C)CC/C=C(\C)Cc1cccc(C)c1. The zero-order chi connectivity index (χ0) is 16.5. The topological polar surface area (TPSA) is 34.1 Å². The van der Waals surface area contributed by atoms with Gasteiger partial charge in [-0.2, -0.15) is 0 Å². The molecule has 0 fully saturated rings. The molecule has 2 nitrogen and oxygen atoms in total. The van der Waals surface area contributed by atoms with Crippen molar-refractivity contribution in [2.24, 2.45) is 0 Å². The molecule has 1 rings (SSSR count). The minimum Gasteiger partial charge on any atom is -0.291 e. The molecule has 1 aromatic carbocycles. The third-order valence-corrected chi connectivity index (χ3v) is 3.63. The van der Waals surface area contributed by atoms with Crippen LogP contribution >= 0.6 is 0 Å². The van der Waals surface area contributed by atoms with Gasteiger partial charge in [0.05, 0.1) is 0 Å². The normalized spacial score (nSPS) is 11.3. The lowest BCUT2D eigenvalue weighted by Crippen LogP contribution is -2.07. The molecule has 0 saturated heterocycles. The van der Waals surface area contributed by atoms with Crippen molar-refractivity contribution in [1.82, 2.24) is 0 Å². The van der Waals surface area contributed by atoms with Gasteiger partial charge in [-0.25, -0.2) is 0 Å². The van der Waals surface area contributed by atoms with E-state index >= 15 is 0 Å². The van der Waals surface area contributed by atoms with Crippen molar-refractivity contribution < 1.29 is 9.59 Å². The second kappa shape index (κ2) is 12.5. The summed E-state index contributed by atoms with van der Waals surface area (Å²) >= 11 is 0. The Balaban J connectivity index is 0. The Morgan fingerprint density at radius 3 is 2.25 bits per heavy atom. The highest BCUT2D eigenvalue weighted by molar-refractivity contribution is 6.36. The van der Waals surface area contributed by atoms with Crippen LogP contribution in [0.4, 0.5) is 0 Å². The second-order valence-corrected chi connectivity index (χ2v) is 5.99. The van der Waals surface area contributed by atoms with Crippen LogP contribution in [0.25, 0.3) is 0 Å². The number of aryl methyl sites for hydroxylation is 1. The third-order valence-electron chi connectivity index (χ3n) is 3.63. The van der Waals surface area contributed by atoms with Gasteiger partial charge in [0.2, 0.25) is 5.78 Å². The van der Waals surface area contributed by atoms with Gasteiger partial charge in [-0.3, -0.25) is 9.59 Å². The summed E-state index contributed by atoms with van der Waals surface area (Å²) in [4.78, 5) is 22.1. The van der Waals surface area contributed by atoms with Crippen LogP contribution in [0.1, 0.15) is 66.0 Å². The van der Waals surface area contributed by atoms with Crippen LogP contribution in [0.15, 0.2) is 47.6 Å². The van der Waals surface area contributed by atoms with Crippen molar-refractivity contribution in [3.8, 4) is 0 Å². The smallest absolute Gasteiger partial charge is 0.201 e. The molecule has 0 amide bonds. The zero-order valence-electron chi connectivity index (χ0n) is 14.1. The Labute approximate surface area is 148 Å². The summed E-state index contributed by atoms with van der Waals surface area (Å²) < 4.78 is 0. The molecule has 0 bridgehead atoms. The highest BCUT2D eigenvalue weighted by Gasteiger charge is 2.04. The first-order chi connectivity index (χ1) is 10.4. The molecule has 1 aromatic rings. The average molecular weight is 331 g/mol. The van der Waals surface area contributed by atoms with Gasteiger partial charge in [-0.1, -0.05) is 68.0 Å². The maximum atomic E-state index is 11.3. The molecule has 0 aliphatic rings. The first-order valence-electron chi connectivity index (χ1n) is 7.79. The van der Waals surface area contributed by atoms with E-state index in [1.54, 1.807) is 0 Å². The fraction of sp³-hybridized carbons (Fsp3) is 0.455. The summed E-state index contributed by atoms with van der Waals surface area (Å²) in [5.74, 6) is -0.677. The van der Waals surface area contributed by atoms with E-state index in [9.17, 15) is 9.59 Å². The number of allylic oxidation sites excluding steroid dienone is 4. The van der Waals surface area contributed by atoms with E-state index in [0.717, 1.165) is 24.8 Å². The quantitative estimate of drug-likeness (QED) is 0.431. The van der Waals surface area contributed by atoms with Gasteiger partial charge in [-0.15, -0.1) is 0 Å². The average Bonchev–Trinajstić information content (AvgIpc) is 2.44. The van der Waals surface area contributed by atoms with E-state index in [-0.39, 0.29) is 32.8 Å². The summed E-state index contributed by atoms with van der Waals surface area (Å²) in [6.45, 7) is 7.60. The highest BCUT2D eigenvalue weighted by atomic mass is 16.2. The van der Waals surface area contributed by atoms with E-state index in [1.807, 2.05) is 13.0 Å². The van der Waals surface area contributed by atoms with Gasteiger partial charge < -0.3 is 0 Å². The molecule has 24 heavy (non-hydrogen) atoms. The second-order valence-electron chi connectivity index (χ2n) is 5.99. The van der Waals surface area contributed by atoms with Crippen molar-refractivity contribution in [2.75, 3.05) is 0 Å². The fourth-order valence-electron chi connectivity index (χ4n) is 2.28. The minimum atomic E-state index is -0.363. The van der Waals surface area contributed by atoms with E-state index in [0.29, 0.717) is 0 Å². The summed E-state index contributed by atoms with van der Waals surface area (Å²) in [5.41, 5.74) is 5.15. The van der Waals surface area contributed by atoms with Gasteiger partial charge in [0, 0.05) is 13.3 Å². The summed E-state index contributed by atoms with van der Waals surface area (Å²) in [6.07, 6.45) is 7.23. The molecule has 134 valence electrons. The lowest BCUT2D eigenvalue weighted by molar-refractivity contribution is -0.134. The molecule has 0 spiro atoms. The number of rotatable bonds is 8. The van der Waals surface area contributed by atoms with Crippen LogP contribution < -0.4 is 0 Å². The molecular formula is C22H34O2. The van der Waals surface area contributed by atoms with Crippen LogP contribution in [-0.4, -0.2) is 11.6 Å². The molecule has 0 radical (unpaired) electrons. The van der Waals surface area contributed by atoms with Crippen molar-refractivity contribution >= 4 is 11.6 Å². The predicted octanol–water partition coefficient (Wildman–Crippen LogP) is 6.03. The van der Waals surface area contributed by atoms with Gasteiger partial charge in [0.25, 0.3) is 0 Å². The van der Waals surface area contributed by atoms with Crippen molar-refractivity contribution in [3.63, 3.8) is 0 Å². The standard InChI is InChI=1S/C20H26O2.2CH4/c1-15(11-12-20(22)18(4)21)7-5-8-16(2)13-19-10-6-9-17(3)14-19;;/h6,8-11,14H,5,7,12-13H2,1-4H3;2*1H4/b15-11+,16-8+;;. The Morgan fingerprint density at radius 2 is 1.67 bits per heavy atom. The van der Waals surface area contributed by atoms with E-state index in [1.165, 1.54) is 23.6 Å². The first kappa shape index (κ1) is 24.3. The maximum absolute atomic E-state index is 11.3. The van der Waals surface area contributed by atoms with Gasteiger partial charge in [0.1, 0.15) is 0 Å². The molecule has 0 N–H and O–H groups in total. The van der Waals surface area contributed by atoms with Gasteiger partial charge in [0.15, 0.2) is 5.78 Å². The number of Topliss-reactive ketones (excluding diaryl/α,β-unsaturated/α-hetero) is 2. The van der Waals surface area contributed by atoms with Gasteiger partial charge in [-0.05, 0) is 45.6 Å². The Hall–Kier alpha value is -1.96. The summed E-state index contributed by atoms with van der Waals surface area (Å²) in [5, 5.41) is 0. The summed E-state index contributed by atoms with van der Waals surface area (Å²) in [7, 11) is 0. The van der Waals surface area contributed by atoms with Crippen molar-refractivity contribution in [2.45, 2.75) is 68.2 Å². The highest BCUT2D eigenvalue weighted by Crippen LogP contribution is 2.13. The van der Waals surface area contributed by atoms with Gasteiger partial charge >= 0.3 is 0 Å². The Kier molecular flexibility index (Phi) is 12.6. The van der Waals surface area contributed by atoms with Crippen LogP contribution in [0, 0.1) is 6.92 Å². The first-order valence-corrected chi connectivity index (χ1v) is 7.79. The predicted molar refractivity (Wildman–Crippen MR) is 105 cm³/mol. The van der Waals surface area contributed by atoms with Crippen molar-refractivity contribution in [3.05, 3.63) is 58.7 Å². The monoisotopic (exact) mass is 330 g/mol. The van der Waals surface area contributed by atoms with E-state index in [4.69, 9.17) is 0 Å². The molecule has 2 heteroatoms. The number of carbonyl (C=O) groups is 2. The Bertz CT molecular complexity index is 592. The molecule has 0 heterocycles. The molecule has 0 aromatic heterocycles. The minimum absolute atomic E-state index is 0. The number of carbonyl (C=O) groups excluding carboxylic acids is 2.